The van der Waals surface area contributed by atoms with Crippen LogP contribution in [-0.2, 0) is 13.1 Å². The van der Waals surface area contributed by atoms with Crippen LogP contribution in [0.4, 0.5) is 11.6 Å². The lowest BCUT2D eigenvalue weighted by molar-refractivity contribution is 0.833. The van der Waals surface area contributed by atoms with Gasteiger partial charge in [0.2, 0.25) is 0 Å². The van der Waals surface area contributed by atoms with E-state index < -0.39 is 0 Å². The van der Waals surface area contributed by atoms with Crippen molar-refractivity contribution in [3.05, 3.63) is 47.5 Å². The molecule has 0 saturated heterocycles. The Morgan fingerprint density at radius 1 is 0.938 bits per heavy atom. The highest BCUT2D eigenvalue weighted by Gasteiger charge is 2.19. The van der Waals surface area contributed by atoms with Gasteiger partial charge in [-0.3, -0.25) is 0 Å². The lowest BCUT2D eigenvalue weighted by Gasteiger charge is -2.15. The summed E-state index contributed by atoms with van der Waals surface area (Å²) < 4.78 is 0. The number of nitrogens with zero attached hydrogens (tertiary/aromatic N) is 3. The van der Waals surface area contributed by atoms with Gasteiger partial charge in [0.1, 0.15) is 5.82 Å². The van der Waals surface area contributed by atoms with Crippen LogP contribution >= 0.6 is 0 Å². The van der Waals surface area contributed by atoms with Crippen molar-refractivity contribution in [1.82, 2.24) is 10.2 Å². The van der Waals surface area contributed by atoms with Crippen LogP contribution in [0.2, 0.25) is 0 Å². The maximum absolute atomic E-state index is 5.52. The molecule has 80 valence electrons. The summed E-state index contributed by atoms with van der Waals surface area (Å²) in [5, 5.41) is 7.97. The van der Waals surface area contributed by atoms with Gasteiger partial charge in [0.25, 0.3) is 0 Å². The highest BCUT2D eigenvalue weighted by molar-refractivity contribution is 5.47. The summed E-state index contributed by atoms with van der Waals surface area (Å²) in [6, 6.07) is 12.1. The number of anilines is 2. The van der Waals surface area contributed by atoms with Crippen molar-refractivity contribution in [2.45, 2.75) is 13.1 Å². The molecule has 0 saturated carbocycles. The van der Waals surface area contributed by atoms with Crippen molar-refractivity contribution >= 4 is 11.6 Å². The van der Waals surface area contributed by atoms with Crippen molar-refractivity contribution in [3.8, 4) is 0 Å². The van der Waals surface area contributed by atoms with E-state index in [9.17, 15) is 0 Å². The van der Waals surface area contributed by atoms with E-state index >= 15 is 0 Å². The summed E-state index contributed by atoms with van der Waals surface area (Å²) in [6.45, 7) is 1.80. The number of nitrogens with two attached hydrogens (primary N) is 1. The molecule has 1 aromatic heterocycles. The minimum Gasteiger partial charge on any atom is -0.382 e. The Morgan fingerprint density at radius 3 is 2.19 bits per heavy atom. The number of benzene rings is 1. The highest BCUT2D eigenvalue weighted by Crippen LogP contribution is 2.26. The van der Waals surface area contributed by atoms with Crippen LogP contribution in [0.3, 0.4) is 0 Å². The number of rotatable bonds is 1. The molecule has 1 aliphatic rings. The Morgan fingerprint density at radius 2 is 1.62 bits per heavy atom. The zero-order valence-electron chi connectivity index (χ0n) is 8.80. The van der Waals surface area contributed by atoms with Crippen molar-refractivity contribution in [3.63, 3.8) is 0 Å². The summed E-state index contributed by atoms with van der Waals surface area (Å²) in [5.41, 5.74) is 8.24. The van der Waals surface area contributed by atoms with Crippen LogP contribution in [-0.4, -0.2) is 10.2 Å². The minimum atomic E-state index is 0.459. The Labute approximate surface area is 93.7 Å². The fourth-order valence-corrected chi connectivity index (χ4v) is 2.00. The predicted molar refractivity (Wildman–Crippen MR) is 62.8 cm³/mol. The predicted octanol–water partition coefficient (Wildman–Crippen LogP) is 1.58. The summed E-state index contributed by atoms with van der Waals surface area (Å²) in [6.07, 6.45) is 0. The molecule has 3 rings (SSSR count). The normalized spacial score (nSPS) is 13.9. The molecule has 4 nitrogen and oxygen atoms in total. The minimum absolute atomic E-state index is 0.459. The van der Waals surface area contributed by atoms with Crippen LogP contribution in [0.5, 0.6) is 0 Å². The van der Waals surface area contributed by atoms with Crippen molar-refractivity contribution < 1.29 is 0 Å². The monoisotopic (exact) mass is 212 g/mol. The van der Waals surface area contributed by atoms with Gasteiger partial charge in [-0.15, -0.1) is 10.2 Å². The lowest BCUT2D eigenvalue weighted by atomic mass is 10.1. The first-order valence-corrected chi connectivity index (χ1v) is 5.24. The fraction of sp³-hybridized carbons (Fsp3) is 0.167. The number of aromatic nitrogens is 2. The van der Waals surface area contributed by atoms with Crippen LogP contribution in [0.25, 0.3) is 0 Å². The molecule has 16 heavy (non-hydrogen) atoms. The maximum Gasteiger partial charge on any atom is 0.151 e. The molecular weight excluding hydrogens is 200 g/mol. The average molecular weight is 212 g/mol. The third-order valence-corrected chi connectivity index (χ3v) is 2.84. The molecule has 0 fully saturated rings. The Bertz CT molecular complexity index is 482. The Balaban J connectivity index is 1.88. The van der Waals surface area contributed by atoms with Gasteiger partial charge in [-0.2, -0.15) is 0 Å². The van der Waals surface area contributed by atoms with Crippen LogP contribution in [0, 0.1) is 0 Å². The van der Waals surface area contributed by atoms with E-state index in [0.717, 1.165) is 18.9 Å². The summed E-state index contributed by atoms with van der Waals surface area (Å²) >= 11 is 0. The van der Waals surface area contributed by atoms with E-state index in [1.807, 2.05) is 6.07 Å². The van der Waals surface area contributed by atoms with E-state index in [0.29, 0.717) is 5.82 Å². The molecule has 0 radical (unpaired) electrons. The zero-order chi connectivity index (χ0) is 11.0. The van der Waals surface area contributed by atoms with Gasteiger partial charge < -0.3 is 10.6 Å². The van der Waals surface area contributed by atoms with Crippen LogP contribution in [0.1, 0.15) is 11.1 Å². The molecule has 1 aromatic carbocycles. The highest BCUT2D eigenvalue weighted by atomic mass is 15.3. The smallest absolute Gasteiger partial charge is 0.151 e. The summed E-state index contributed by atoms with van der Waals surface area (Å²) in [5.74, 6) is 1.34. The van der Waals surface area contributed by atoms with E-state index in [4.69, 9.17) is 5.73 Å². The molecule has 1 aliphatic heterocycles. The van der Waals surface area contributed by atoms with E-state index in [1.165, 1.54) is 11.1 Å². The zero-order valence-corrected chi connectivity index (χ0v) is 8.80. The number of hydrogen-bond acceptors (Lipinski definition) is 4. The first kappa shape index (κ1) is 9.15. The molecule has 2 aromatic rings. The number of fused-ring (bicyclic) bond motifs is 1. The molecule has 0 aliphatic carbocycles. The third kappa shape index (κ3) is 1.48. The third-order valence-electron chi connectivity index (χ3n) is 2.84. The first-order chi connectivity index (χ1) is 7.83. The average Bonchev–Trinajstić information content (AvgIpc) is 2.73. The van der Waals surface area contributed by atoms with E-state index in [1.54, 1.807) is 6.07 Å². The molecule has 0 atom stereocenters. The molecule has 0 amide bonds. The molecule has 0 unspecified atom stereocenters. The second-order valence-corrected chi connectivity index (χ2v) is 3.94. The SMILES string of the molecule is Nc1ccc(N2Cc3ccccc3C2)nn1. The van der Waals surface area contributed by atoms with Crippen molar-refractivity contribution in [2.75, 3.05) is 10.6 Å². The second kappa shape index (κ2) is 3.48. The van der Waals surface area contributed by atoms with Gasteiger partial charge >= 0.3 is 0 Å². The molecule has 2 heterocycles. The Hall–Kier alpha value is -2.10. The second-order valence-electron chi connectivity index (χ2n) is 3.94. The quantitative estimate of drug-likeness (QED) is 0.779. The molecular formula is C12H12N4. The Kier molecular flexibility index (Phi) is 1.99. The molecule has 4 heteroatoms. The van der Waals surface area contributed by atoms with Gasteiger partial charge in [0.15, 0.2) is 5.82 Å². The molecule has 0 spiro atoms. The number of nitrogen functional groups attached to an aromatic ring is 1. The van der Waals surface area contributed by atoms with Crippen LogP contribution < -0.4 is 10.6 Å². The van der Waals surface area contributed by atoms with Gasteiger partial charge in [-0.25, -0.2) is 0 Å². The fourth-order valence-electron chi connectivity index (χ4n) is 2.00. The number of hydrogen-bond donors (Lipinski definition) is 1. The van der Waals surface area contributed by atoms with Crippen molar-refractivity contribution in [2.24, 2.45) is 0 Å². The van der Waals surface area contributed by atoms with Gasteiger partial charge in [0, 0.05) is 13.1 Å². The van der Waals surface area contributed by atoms with Gasteiger partial charge in [-0.1, -0.05) is 24.3 Å². The van der Waals surface area contributed by atoms with Crippen molar-refractivity contribution in [1.29, 1.82) is 0 Å². The largest absolute Gasteiger partial charge is 0.382 e. The van der Waals surface area contributed by atoms with Crippen LogP contribution in [0.15, 0.2) is 36.4 Å². The summed E-state index contributed by atoms with van der Waals surface area (Å²) in [7, 11) is 0. The van der Waals surface area contributed by atoms with Gasteiger partial charge in [-0.05, 0) is 23.3 Å². The molecule has 2 N–H and O–H groups in total. The van der Waals surface area contributed by atoms with E-state index in [-0.39, 0.29) is 0 Å². The van der Waals surface area contributed by atoms with E-state index in [2.05, 4.69) is 39.4 Å². The summed E-state index contributed by atoms with van der Waals surface area (Å²) in [4.78, 5) is 2.19. The molecule has 0 bridgehead atoms. The topological polar surface area (TPSA) is 55.0 Å². The maximum atomic E-state index is 5.52. The van der Waals surface area contributed by atoms with Gasteiger partial charge in [0.05, 0.1) is 0 Å². The standard InChI is InChI=1S/C12H12N4/c13-11-5-6-12(15-14-11)16-7-9-3-1-2-4-10(9)8-16/h1-6H,7-8H2,(H2,13,14). The lowest BCUT2D eigenvalue weighted by Crippen LogP contribution is -2.16. The first-order valence-electron chi connectivity index (χ1n) is 5.24.